The fraction of sp³-hybridized carbons (Fsp3) is 0.409. The molecule has 2 aliphatic rings. The van der Waals surface area contributed by atoms with Crippen LogP contribution in [0.15, 0.2) is 52.1 Å². The third kappa shape index (κ3) is 3.76. The molecule has 2 aliphatic heterocycles. The second-order valence-electron chi connectivity index (χ2n) is 8.57. The smallest absolute Gasteiger partial charge is 0.276 e. The number of likely N-dealkylation sites (tertiary alicyclic amines) is 1. The first-order valence-electron chi connectivity index (χ1n) is 10.7. The van der Waals surface area contributed by atoms with Gasteiger partial charge in [-0.15, -0.1) is 16.4 Å². The molecule has 1 amide bonds. The second-order valence-corrected chi connectivity index (χ2v) is 11.7. The molecule has 0 atom stereocenters. The van der Waals surface area contributed by atoms with E-state index in [-0.39, 0.29) is 11.3 Å². The van der Waals surface area contributed by atoms with Gasteiger partial charge in [0.15, 0.2) is 5.69 Å². The molecule has 4 heterocycles. The molecule has 0 bridgehead atoms. The summed E-state index contributed by atoms with van der Waals surface area (Å²) in [5.74, 6) is -0.102. The predicted octanol–water partition coefficient (Wildman–Crippen LogP) is 2.95. The number of rotatable bonds is 4. The second kappa shape index (κ2) is 8.09. The highest BCUT2D eigenvalue weighted by Gasteiger charge is 2.44. The van der Waals surface area contributed by atoms with Crippen molar-refractivity contribution in [3.63, 3.8) is 0 Å². The molecular weight excluding hydrogens is 446 g/mol. The average Bonchev–Trinajstić information content (AvgIpc) is 3.55. The number of piperidine rings is 1. The van der Waals surface area contributed by atoms with E-state index >= 15 is 0 Å². The van der Waals surface area contributed by atoms with Crippen molar-refractivity contribution in [3.8, 4) is 5.69 Å². The quantitative estimate of drug-likeness (QED) is 0.584. The zero-order chi connectivity index (χ0) is 22.3. The maximum Gasteiger partial charge on any atom is 0.276 e. The number of para-hydroxylation sites is 1. The lowest BCUT2D eigenvalue weighted by Gasteiger charge is -2.38. The first-order valence-corrected chi connectivity index (χ1v) is 13.0. The number of thiophene rings is 1. The number of aromatic nitrogens is 3. The monoisotopic (exact) mass is 471 g/mol. The van der Waals surface area contributed by atoms with Gasteiger partial charge in [0.05, 0.1) is 11.4 Å². The summed E-state index contributed by atoms with van der Waals surface area (Å²) in [6, 6.07) is 13.0. The van der Waals surface area contributed by atoms with Gasteiger partial charge in [0.2, 0.25) is 0 Å². The van der Waals surface area contributed by atoms with Crippen LogP contribution in [-0.4, -0.2) is 64.7 Å². The van der Waals surface area contributed by atoms with E-state index in [1.54, 1.807) is 28.7 Å². The van der Waals surface area contributed by atoms with Crippen LogP contribution in [0.3, 0.4) is 0 Å². The van der Waals surface area contributed by atoms with Crippen molar-refractivity contribution < 1.29 is 13.2 Å². The van der Waals surface area contributed by atoms with Crippen molar-refractivity contribution in [1.29, 1.82) is 0 Å². The van der Waals surface area contributed by atoms with Crippen molar-refractivity contribution in [1.82, 2.24) is 24.2 Å². The van der Waals surface area contributed by atoms with Gasteiger partial charge in [0, 0.05) is 26.2 Å². The summed E-state index contributed by atoms with van der Waals surface area (Å²) in [7, 11) is -3.42. The van der Waals surface area contributed by atoms with E-state index in [4.69, 9.17) is 0 Å². The first-order chi connectivity index (χ1) is 15.4. The number of benzene rings is 1. The molecule has 1 spiro atoms. The molecule has 2 saturated heterocycles. The van der Waals surface area contributed by atoms with Crippen molar-refractivity contribution in [2.45, 2.75) is 30.4 Å². The molecule has 0 radical (unpaired) electrons. The van der Waals surface area contributed by atoms with E-state index < -0.39 is 10.0 Å². The van der Waals surface area contributed by atoms with E-state index in [0.29, 0.717) is 41.8 Å². The third-order valence-electron chi connectivity index (χ3n) is 6.57. The number of carbonyl (C=O) groups excluding carboxylic acids is 1. The van der Waals surface area contributed by atoms with E-state index in [2.05, 4.69) is 10.2 Å². The zero-order valence-corrected chi connectivity index (χ0v) is 19.5. The molecule has 2 fully saturated rings. The Morgan fingerprint density at radius 1 is 1.00 bits per heavy atom. The van der Waals surface area contributed by atoms with Crippen LogP contribution in [-0.2, 0) is 10.0 Å². The Morgan fingerprint density at radius 3 is 2.41 bits per heavy atom. The Kier molecular flexibility index (Phi) is 5.39. The van der Waals surface area contributed by atoms with Crippen molar-refractivity contribution in [3.05, 3.63) is 59.2 Å². The Balaban J connectivity index is 1.26. The topological polar surface area (TPSA) is 88.4 Å². The van der Waals surface area contributed by atoms with Gasteiger partial charge < -0.3 is 4.90 Å². The maximum absolute atomic E-state index is 13.2. The molecule has 0 unspecified atom stereocenters. The Labute approximate surface area is 191 Å². The van der Waals surface area contributed by atoms with Crippen LogP contribution in [0.2, 0.25) is 0 Å². The number of carbonyl (C=O) groups is 1. The SMILES string of the molecule is Cc1nn(-c2ccccc2)nc1C(=O)N1CCC2(CCN(S(=O)(=O)c3cccs3)CC2)C1. The Bertz CT molecular complexity index is 1210. The van der Waals surface area contributed by atoms with E-state index in [0.717, 1.165) is 24.9 Å². The molecule has 5 rings (SSSR count). The summed E-state index contributed by atoms with van der Waals surface area (Å²) in [6.07, 6.45) is 2.41. The number of nitrogens with zero attached hydrogens (tertiary/aromatic N) is 5. The Hall–Kier alpha value is -2.56. The first kappa shape index (κ1) is 21.3. The van der Waals surface area contributed by atoms with Crippen LogP contribution in [0.25, 0.3) is 5.69 Å². The van der Waals surface area contributed by atoms with Gasteiger partial charge >= 0.3 is 0 Å². The Morgan fingerprint density at radius 2 is 1.72 bits per heavy atom. The molecule has 0 aliphatic carbocycles. The van der Waals surface area contributed by atoms with Crippen LogP contribution in [0.1, 0.15) is 35.4 Å². The van der Waals surface area contributed by atoms with Crippen molar-refractivity contribution in [2.24, 2.45) is 5.41 Å². The summed E-state index contributed by atoms with van der Waals surface area (Å²) in [5, 5.41) is 10.7. The van der Waals surface area contributed by atoms with Gasteiger partial charge in [-0.2, -0.15) is 14.2 Å². The highest BCUT2D eigenvalue weighted by Crippen LogP contribution is 2.42. The minimum atomic E-state index is -3.42. The van der Waals surface area contributed by atoms with E-state index in [1.165, 1.54) is 16.1 Å². The minimum Gasteiger partial charge on any atom is -0.337 e. The normalized spacial score (nSPS) is 19.0. The van der Waals surface area contributed by atoms with Crippen LogP contribution < -0.4 is 0 Å². The van der Waals surface area contributed by atoms with Crippen LogP contribution in [0.5, 0.6) is 0 Å². The van der Waals surface area contributed by atoms with Crippen molar-refractivity contribution in [2.75, 3.05) is 26.2 Å². The van der Waals surface area contributed by atoms with Crippen molar-refractivity contribution >= 4 is 27.3 Å². The molecule has 0 N–H and O–H groups in total. The molecule has 8 nitrogen and oxygen atoms in total. The summed E-state index contributed by atoms with van der Waals surface area (Å²) in [5.41, 5.74) is 1.77. The number of sulfonamides is 1. The molecular formula is C22H25N5O3S2. The molecule has 2 aromatic heterocycles. The van der Waals surface area contributed by atoms with Crippen LogP contribution in [0, 0.1) is 12.3 Å². The standard InChI is InChI=1S/C22H25N5O3S2/c1-17-20(24-27(23-17)18-6-3-2-4-7-18)21(28)25-12-9-22(16-25)10-13-26(14-11-22)32(29,30)19-8-5-15-31-19/h2-8,15H,9-14,16H2,1H3. The van der Waals surface area contributed by atoms with E-state index in [1.807, 2.05) is 35.2 Å². The summed E-state index contributed by atoms with van der Waals surface area (Å²) in [4.78, 5) is 16.6. The van der Waals surface area contributed by atoms with Gasteiger partial charge in [0.25, 0.3) is 15.9 Å². The van der Waals surface area contributed by atoms with Gasteiger partial charge in [-0.25, -0.2) is 8.42 Å². The largest absolute Gasteiger partial charge is 0.337 e. The average molecular weight is 472 g/mol. The highest BCUT2D eigenvalue weighted by molar-refractivity contribution is 7.91. The number of amides is 1. The summed E-state index contributed by atoms with van der Waals surface area (Å²) < 4.78 is 27.6. The molecule has 168 valence electrons. The highest BCUT2D eigenvalue weighted by atomic mass is 32.2. The van der Waals surface area contributed by atoms with Gasteiger partial charge in [-0.3, -0.25) is 4.79 Å². The minimum absolute atomic E-state index is 0.0273. The molecule has 32 heavy (non-hydrogen) atoms. The fourth-order valence-corrected chi connectivity index (χ4v) is 7.24. The molecule has 1 aromatic carbocycles. The zero-order valence-electron chi connectivity index (χ0n) is 17.8. The van der Waals surface area contributed by atoms with Gasteiger partial charge in [-0.1, -0.05) is 24.3 Å². The number of hydrogen-bond donors (Lipinski definition) is 0. The molecule has 10 heteroatoms. The van der Waals surface area contributed by atoms with Crippen LogP contribution in [0.4, 0.5) is 0 Å². The number of aryl methyl sites for hydroxylation is 1. The lowest BCUT2D eigenvalue weighted by atomic mass is 9.78. The third-order valence-corrected chi connectivity index (χ3v) is 9.84. The van der Waals surface area contributed by atoms with E-state index in [9.17, 15) is 13.2 Å². The predicted molar refractivity (Wildman–Crippen MR) is 121 cm³/mol. The van der Waals surface area contributed by atoms with Crippen LogP contribution >= 0.6 is 11.3 Å². The van der Waals surface area contributed by atoms with Gasteiger partial charge in [-0.05, 0) is 55.2 Å². The molecule has 3 aromatic rings. The number of hydrogen-bond acceptors (Lipinski definition) is 6. The molecule has 0 saturated carbocycles. The lowest BCUT2D eigenvalue weighted by molar-refractivity contribution is 0.0743. The fourth-order valence-electron chi connectivity index (χ4n) is 4.66. The van der Waals surface area contributed by atoms with Gasteiger partial charge in [0.1, 0.15) is 4.21 Å². The lowest BCUT2D eigenvalue weighted by Crippen LogP contribution is -2.44. The maximum atomic E-state index is 13.2. The summed E-state index contributed by atoms with van der Waals surface area (Å²) in [6.45, 7) is 4.08. The summed E-state index contributed by atoms with van der Waals surface area (Å²) >= 11 is 1.25.